The van der Waals surface area contributed by atoms with Crippen molar-refractivity contribution in [1.82, 2.24) is 41.0 Å². The van der Waals surface area contributed by atoms with E-state index in [1.807, 2.05) is 12.1 Å². The van der Waals surface area contributed by atoms with Gasteiger partial charge in [0.2, 0.25) is 17.7 Å². The second-order valence-corrected chi connectivity index (χ2v) is 12.5. The minimum Gasteiger partial charge on any atom is -0.493 e. The largest absolute Gasteiger partial charge is 0.493 e. The third-order valence-electron chi connectivity index (χ3n) is 8.16. The normalized spacial score (nSPS) is 18.3. The molecule has 2 aliphatic heterocycles. The highest BCUT2D eigenvalue weighted by Crippen LogP contribution is 2.28. The summed E-state index contributed by atoms with van der Waals surface area (Å²) in [7, 11) is 3.10. The van der Waals surface area contributed by atoms with Crippen LogP contribution in [0.15, 0.2) is 66.9 Å². The highest BCUT2D eigenvalue weighted by molar-refractivity contribution is 5.98. The molecule has 0 aliphatic carbocycles. The van der Waals surface area contributed by atoms with E-state index in [1.54, 1.807) is 83.5 Å². The number of benzene rings is 2. The first-order valence-corrected chi connectivity index (χ1v) is 16.4. The molecule has 0 unspecified atom stereocenters. The molecule has 2 bridgehead atoms. The second-order valence-electron chi connectivity index (χ2n) is 12.5. The highest BCUT2D eigenvalue weighted by Gasteiger charge is 2.35. The predicted octanol–water partition coefficient (Wildman–Crippen LogP) is 1.90. The van der Waals surface area contributed by atoms with Gasteiger partial charge >= 0.3 is 0 Å². The number of methoxy groups -OCH3 is 2. The molecule has 6 rings (SSSR count). The van der Waals surface area contributed by atoms with Crippen molar-refractivity contribution < 1.29 is 33.4 Å². The number of carbonyl (C=O) groups is 4. The van der Waals surface area contributed by atoms with Gasteiger partial charge in [0.1, 0.15) is 42.0 Å². The molecule has 2 aromatic heterocycles. The summed E-state index contributed by atoms with van der Waals surface area (Å²) in [6.07, 6.45) is 1.92. The first-order chi connectivity index (χ1) is 24.4. The van der Waals surface area contributed by atoms with Gasteiger partial charge in [0, 0.05) is 19.0 Å². The lowest BCUT2D eigenvalue weighted by Crippen LogP contribution is -2.59. The Bertz CT molecular complexity index is 1860. The van der Waals surface area contributed by atoms with Crippen LogP contribution < -0.4 is 35.5 Å². The molecule has 2 aliphatic rings. The number of nitrogens with one attached hydrogen (secondary N) is 4. The van der Waals surface area contributed by atoms with E-state index in [2.05, 4.69) is 31.3 Å². The molecular weight excluding hydrogens is 656 g/mol. The van der Waals surface area contributed by atoms with Crippen LogP contribution in [0, 0.1) is 0 Å². The molecule has 2 aromatic carbocycles. The van der Waals surface area contributed by atoms with E-state index in [9.17, 15) is 19.2 Å². The van der Waals surface area contributed by atoms with E-state index in [0.717, 1.165) is 11.1 Å². The molecular formula is C36H42N8O7. The summed E-state index contributed by atoms with van der Waals surface area (Å²) in [6.45, 7) is 5.10. The van der Waals surface area contributed by atoms with E-state index in [0.29, 0.717) is 35.3 Å². The summed E-state index contributed by atoms with van der Waals surface area (Å²) in [5.74, 6) is 0.484. The van der Waals surface area contributed by atoms with E-state index < -0.39 is 35.3 Å². The number of ether oxygens (including phenoxy) is 3. The van der Waals surface area contributed by atoms with Gasteiger partial charge in [-0.05, 0) is 68.3 Å². The smallest absolute Gasteiger partial charge is 0.270 e. The molecule has 0 spiro atoms. The Hall–Kier alpha value is -5.99. The van der Waals surface area contributed by atoms with Crippen molar-refractivity contribution >= 4 is 23.6 Å². The Balaban J connectivity index is 1.42. The molecule has 4 N–H and O–H groups in total. The van der Waals surface area contributed by atoms with Gasteiger partial charge in [0.05, 0.1) is 26.8 Å². The van der Waals surface area contributed by atoms with Gasteiger partial charge in [-0.25, -0.2) is 9.67 Å². The van der Waals surface area contributed by atoms with Gasteiger partial charge in [-0.2, -0.15) is 5.10 Å². The molecule has 0 fully saturated rings. The lowest BCUT2D eigenvalue weighted by Gasteiger charge is -2.29. The first kappa shape index (κ1) is 36.3. The van der Waals surface area contributed by atoms with Crippen LogP contribution in [0.5, 0.6) is 17.2 Å². The summed E-state index contributed by atoms with van der Waals surface area (Å²) in [4.78, 5) is 62.4. The predicted molar refractivity (Wildman–Crippen MR) is 185 cm³/mol. The van der Waals surface area contributed by atoms with Gasteiger partial charge in [-0.1, -0.05) is 24.3 Å². The summed E-state index contributed by atoms with van der Waals surface area (Å²) in [5.41, 5.74) is 0.301. The number of carbonyl (C=O) groups excluding carboxylic acids is 4. The maximum atomic E-state index is 13.8. The Labute approximate surface area is 295 Å². The number of fused-ring (bicyclic) bond motifs is 14. The van der Waals surface area contributed by atoms with Crippen LogP contribution in [0.1, 0.15) is 60.1 Å². The van der Waals surface area contributed by atoms with Gasteiger partial charge in [0.25, 0.3) is 5.91 Å². The SMILES string of the molecule is COc1ccc(Cc2nc3n(n2)CC(=O)NCCOc2ccc(cc2)C[C@H](NC(=O)c2ccccn2)C(=O)NC(C)(C)C(=O)N[C@@H]3C)cc1OC. The fourth-order valence-electron chi connectivity index (χ4n) is 5.43. The number of rotatable bonds is 6. The Morgan fingerprint density at radius 3 is 2.51 bits per heavy atom. The van der Waals surface area contributed by atoms with Gasteiger partial charge in [-0.15, -0.1) is 0 Å². The van der Waals surface area contributed by atoms with E-state index in [1.165, 1.54) is 10.9 Å². The highest BCUT2D eigenvalue weighted by atomic mass is 16.5. The van der Waals surface area contributed by atoms with Crippen LogP contribution in [0.2, 0.25) is 0 Å². The molecule has 268 valence electrons. The molecule has 4 heterocycles. The van der Waals surface area contributed by atoms with Crippen molar-refractivity contribution in [3.63, 3.8) is 0 Å². The van der Waals surface area contributed by atoms with E-state index in [4.69, 9.17) is 19.2 Å². The number of amides is 4. The lowest BCUT2D eigenvalue weighted by molar-refractivity contribution is -0.133. The number of aromatic nitrogens is 4. The van der Waals surface area contributed by atoms with Gasteiger partial charge in [0.15, 0.2) is 17.3 Å². The molecule has 15 nitrogen and oxygen atoms in total. The maximum absolute atomic E-state index is 13.8. The molecule has 0 radical (unpaired) electrons. The topological polar surface area (TPSA) is 188 Å². The standard InChI is InChI=1S/C36H42N8O7/c1-22-32-41-30(20-24-11-14-28(49-4)29(19-24)50-5)43-44(32)21-31(45)38-16-17-51-25-12-9-23(10-13-25)18-27(34(47)42-36(2,3)35(48)39-22)40-33(46)26-8-6-7-15-37-26/h6-15,19,22,27H,16-18,20-21H2,1-5H3,(H,38,45)(H,39,48)(H,40,46)(H,42,47)/t22-,27+/m1/s1. The third kappa shape index (κ3) is 9.38. The second kappa shape index (κ2) is 16.1. The molecule has 2 atom stereocenters. The van der Waals surface area contributed by atoms with Crippen LogP contribution in [0.3, 0.4) is 0 Å². The van der Waals surface area contributed by atoms with Crippen LogP contribution in [-0.2, 0) is 33.8 Å². The van der Waals surface area contributed by atoms with Crippen LogP contribution in [-0.4, -0.2) is 82.3 Å². The van der Waals surface area contributed by atoms with E-state index >= 15 is 0 Å². The van der Waals surface area contributed by atoms with Crippen molar-refractivity contribution in [1.29, 1.82) is 0 Å². The van der Waals surface area contributed by atoms with Gasteiger partial charge in [-0.3, -0.25) is 24.2 Å². The van der Waals surface area contributed by atoms with Crippen LogP contribution >= 0.6 is 0 Å². The number of hydrogen-bond acceptors (Lipinski definition) is 10. The summed E-state index contributed by atoms with van der Waals surface area (Å²) < 4.78 is 18.0. The fourth-order valence-corrected chi connectivity index (χ4v) is 5.43. The number of pyridine rings is 1. The average Bonchev–Trinajstić information content (AvgIpc) is 3.51. The first-order valence-electron chi connectivity index (χ1n) is 16.4. The summed E-state index contributed by atoms with van der Waals surface area (Å²) >= 11 is 0. The summed E-state index contributed by atoms with van der Waals surface area (Å²) in [5, 5.41) is 15.9. The van der Waals surface area contributed by atoms with E-state index in [-0.39, 0.29) is 37.7 Å². The quantitative estimate of drug-likeness (QED) is 0.232. The Kier molecular flexibility index (Phi) is 11.5. The Morgan fingerprint density at radius 2 is 1.80 bits per heavy atom. The molecule has 4 aromatic rings. The number of hydrogen-bond donors (Lipinski definition) is 4. The fraction of sp³-hybridized carbons (Fsp3) is 0.361. The van der Waals surface area contributed by atoms with Gasteiger partial charge < -0.3 is 35.5 Å². The zero-order valence-corrected chi connectivity index (χ0v) is 29.2. The average molecular weight is 699 g/mol. The van der Waals surface area contributed by atoms with Crippen molar-refractivity contribution in [2.45, 2.75) is 57.8 Å². The molecule has 15 heteroatoms. The minimum atomic E-state index is -1.43. The third-order valence-corrected chi connectivity index (χ3v) is 8.16. The molecule has 51 heavy (non-hydrogen) atoms. The monoisotopic (exact) mass is 698 g/mol. The maximum Gasteiger partial charge on any atom is 0.270 e. The number of nitrogens with zero attached hydrogens (tertiary/aromatic N) is 4. The van der Waals surface area contributed by atoms with Crippen LogP contribution in [0.25, 0.3) is 0 Å². The molecule has 4 amide bonds. The van der Waals surface area contributed by atoms with Crippen molar-refractivity contribution in [3.8, 4) is 17.2 Å². The zero-order valence-electron chi connectivity index (χ0n) is 29.2. The molecule has 0 saturated heterocycles. The van der Waals surface area contributed by atoms with Crippen molar-refractivity contribution in [3.05, 3.63) is 95.3 Å². The molecule has 0 saturated carbocycles. The Morgan fingerprint density at radius 1 is 1.04 bits per heavy atom. The van der Waals surface area contributed by atoms with Crippen LogP contribution in [0.4, 0.5) is 0 Å². The zero-order chi connectivity index (χ0) is 36.5. The van der Waals surface area contributed by atoms with Crippen molar-refractivity contribution in [2.24, 2.45) is 0 Å². The minimum absolute atomic E-state index is 0.126. The van der Waals surface area contributed by atoms with Crippen molar-refractivity contribution in [2.75, 3.05) is 27.4 Å². The summed E-state index contributed by atoms with van der Waals surface area (Å²) in [6, 6.07) is 15.7. The lowest BCUT2D eigenvalue weighted by atomic mass is 10.00.